The third-order valence-corrected chi connectivity index (χ3v) is 3.67. The van der Waals surface area contributed by atoms with Gasteiger partial charge >= 0.3 is 0 Å². The van der Waals surface area contributed by atoms with Crippen molar-refractivity contribution >= 4 is 23.0 Å². The second-order valence-electron chi connectivity index (χ2n) is 5.06. The van der Waals surface area contributed by atoms with E-state index in [4.69, 9.17) is 5.73 Å². The highest BCUT2D eigenvalue weighted by molar-refractivity contribution is 5.90. The molecule has 0 fully saturated rings. The molecule has 2 aromatic carbocycles. The number of hydrogen-bond donors (Lipinski definition) is 1. The van der Waals surface area contributed by atoms with E-state index in [1.807, 2.05) is 42.5 Å². The van der Waals surface area contributed by atoms with Crippen LogP contribution in [0.3, 0.4) is 0 Å². The normalized spacial score (nSPS) is 11.0. The summed E-state index contributed by atoms with van der Waals surface area (Å²) >= 11 is 0. The molecule has 0 heterocycles. The largest absolute Gasteiger partial charge is 0.399 e. The fourth-order valence-corrected chi connectivity index (χ4v) is 2.38. The molecule has 0 saturated carbocycles. The minimum atomic E-state index is 0.635. The van der Waals surface area contributed by atoms with Crippen LogP contribution >= 0.6 is 0 Å². The van der Waals surface area contributed by atoms with E-state index in [9.17, 15) is 5.26 Å². The molecule has 2 aromatic rings. The lowest BCUT2D eigenvalue weighted by Gasteiger charge is -2.20. The molecule has 0 unspecified atom stereocenters. The van der Waals surface area contributed by atoms with E-state index in [-0.39, 0.29) is 0 Å². The van der Waals surface area contributed by atoms with E-state index in [1.54, 1.807) is 0 Å². The number of nitrogens with zero attached hydrogens (tertiary/aromatic N) is 2. The van der Waals surface area contributed by atoms with Gasteiger partial charge in [-0.05, 0) is 55.3 Å². The summed E-state index contributed by atoms with van der Waals surface area (Å²) in [4.78, 5) is 2.29. The predicted molar refractivity (Wildman–Crippen MR) is 94.3 cm³/mol. The Morgan fingerprint density at radius 3 is 2.14 bits per heavy atom. The molecule has 0 aliphatic heterocycles. The predicted octanol–water partition coefficient (Wildman–Crippen LogP) is 4.18. The van der Waals surface area contributed by atoms with Crippen LogP contribution in [0, 0.1) is 11.3 Å². The van der Waals surface area contributed by atoms with Crippen molar-refractivity contribution in [3.63, 3.8) is 0 Å². The van der Waals surface area contributed by atoms with Crippen LogP contribution in [-0.2, 0) is 0 Å². The van der Waals surface area contributed by atoms with Gasteiger partial charge in [-0.25, -0.2) is 0 Å². The van der Waals surface area contributed by atoms with E-state index in [1.165, 1.54) is 5.69 Å². The van der Waals surface area contributed by atoms with Gasteiger partial charge in [-0.2, -0.15) is 5.26 Å². The standard InChI is InChI=1S/C19H21N3/c1-3-22(4-2)19-11-5-15(6-12-19)13-17(14-20)16-7-9-18(21)10-8-16/h5-13H,3-4,21H2,1-2H3/b17-13-. The van der Waals surface area contributed by atoms with E-state index < -0.39 is 0 Å². The van der Waals surface area contributed by atoms with Gasteiger partial charge in [0.25, 0.3) is 0 Å². The third-order valence-electron chi connectivity index (χ3n) is 3.67. The molecule has 0 aliphatic rings. The Labute approximate surface area is 132 Å². The van der Waals surface area contributed by atoms with Crippen molar-refractivity contribution in [2.75, 3.05) is 23.7 Å². The van der Waals surface area contributed by atoms with E-state index in [2.05, 4.69) is 36.9 Å². The van der Waals surface area contributed by atoms with Crippen LogP contribution < -0.4 is 10.6 Å². The lowest BCUT2D eigenvalue weighted by Crippen LogP contribution is -2.21. The van der Waals surface area contributed by atoms with Gasteiger partial charge in [-0.3, -0.25) is 0 Å². The summed E-state index contributed by atoms with van der Waals surface area (Å²) in [5.41, 5.74) is 10.1. The summed E-state index contributed by atoms with van der Waals surface area (Å²) in [7, 11) is 0. The maximum absolute atomic E-state index is 9.37. The first-order valence-corrected chi connectivity index (χ1v) is 7.50. The van der Waals surface area contributed by atoms with Crippen molar-refractivity contribution in [2.24, 2.45) is 0 Å². The Hall–Kier alpha value is -2.73. The van der Waals surface area contributed by atoms with Crippen LogP contribution in [-0.4, -0.2) is 13.1 Å². The molecule has 2 rings (SSSR count). The fraction of sp³-hybridized carbons (Fsp3) is 0.211. The second kappa shape index (κ2) is 7.33. The highest BCUT2D eigenvalue weighted by atomic mass is 15.1. The van der Waals surface area contributed by atoms with Gasteiger partial charge < -0.3 is 10.6 Å². The van der Waals surface area contributed by atoms with Gasteiger partial charge in [0.2, 0.25) is 0 Å². The zero-order valence-corrected chi connectivity index (χ0v) is 13.1. The molecule has 0 aliphatic carbocycles. The van der Waals surface area contributed by atoms with Crippen LogP contribution in [0.4, 0.5) is 11.4 Å². The van der Waals surface area contributed by atoms with Gasteiger partial charge in [0.1, 0.15) is 0 Å². The molecule has 0 aromatic heterocycles. The van der Waals surface area contributed by atoms with E-state index in [0.717, 1.165) is 24.2 Å². The molecule has 2 N–H and O–H groups in total. The summed E-state index contributed by atoms with van der Waals surface area (Å²) in [6, 6.07) is 17.9. The summed E-state index contributed by atoms with van der Waals surface area (Å²) in [5, 5.41) is 9.37. The molecule has 0 bridgehead atoms. The fourth-order valence-electron chi connectivity index (χ4n) is 2.38. The molecular weight excluding hydrogens is 270 g/mol. The number of hydrogen-bond acceptors (Lipinski definition) is 3. The number of anilines is 2. The Morgan fingerprint density at radius 2 is 1.64 bits per heavy atom. The van der Waals surface area contributed by atoms with Crippen molar-refractivity contribution < 1.29 is 0 Å². The summed E-state index contributed by atoms with van der Waals surface area (Å²) in [5.74, 6) is 0. The molecular formula is C19H21N3. The number of nitrogens with two attached hydrogens (primary N) is 1. The first kappa shape index (κ1) is 15.7. The Morgan fingerprint density at radius 1 is 1.05 bits per heavy atom. The summed E-state index contributed by atoms with van der Waals surface area (Å²) in [6.07, 6.45) is 1.90. The molecule has 112 valence electrons. The second-order valence-corrected chi connectivity index (χ2v) is 5.06. The lowest BCUT2D eigenvalue weighted by atomic mass is 10.0. The van der Waals surface area contributed by atoms with Crippen LogP contribution in [0.15, 0.2) is 48.5 Å². The SMILES string of the molecule is CCN(CC)c1ccc(/C=C(/C#N)c2ccc(N)cc2)cc1. The molecule has 0 saturated heterocycles. The molecule has 0 atom stereocenters. The Balaban J connectivity index is 2.27. The first-order chi connectivity index (χ1) is 10.7. The molecule has 22 heavy (non-hydrogen) atoms. The van der Waals surface area contributed by atoms with Crippen molar-refractivity contribution in [1.29, 1.82) is 5.26 Å². The summed E-state index contributed by atoms with van der Waals surface area (Å²) in [6.45, 7) is 6.26. The van der Waals surface area contributed by atoms with Crippen LogP contribution in [0.25, 0.3) is 11.6 Å². The Bertz CT molecular complexity index is 672. The van der Waals surface area contributed by atoms with Crippen LogP contribution in [0.2, 0.25) is 0 Å². The van der Waals surface area contributed by atoms with Gasteiger partial charge in [0, 0.05) is 24.5 Å². The molecule has 3 heteroatoms. The minimum Gasteiger partial charge on any atom is -0.399 e. The molecule has 0 radical (unpaired) electrons. The quantitative estimate of drug-likeness (QED) is 0.511. The van der Waals surface area contributed by atoms with Gasteiger partial charge in [-0.1, -0.05) is 24.3 Å². The molecule has 0 spiro atoms. The maximum Gasteiger partial charge on any atom is 0.0998 e. The zero-order chi connectivity index (χ0) is 15.9. The van der Waals surface area contributed by atoms with Crippen molar-refractivity contribution in [3.05, 3.63) is 59.7 Å². The molecule has 0 amide bonds. The number of nitrogen functional groups attached to an aromatic ring is 1. The monoisotopic (exact) mass is 291 g/mol. The first-order valence-electron chi connectivity index (χ1n) is 7.50. The maximum atomic E-state index is 9.37. The summed E-state index contributed by atoms with van der Waals surface area (Å²) < 4.78 is 0. The van der Waals surface area contributed by atoms with Crippen molar-refractivity contribution in [1.82, 2.24) is 0 Å². The average Bonchev–Trinajstić information content (AvgIpc) is 2.56. The lowest BCUT2D eigenvalue weighted by molar-refractivity contribution is 0.866. The Kier molecular flexibility index (Phi) is 5.21. The topological polar surface area (TPSA) is 53.0 Å². The third kappa shape index (κ3) is 3.67. The van der Waals surface area contributed by atoms with Gasteiger partial charge in [0.15, 0.2) is 0 Å². The number of allylic oxidation sites excluding steroid dienone is 1. The minimum absolute atomic E-state index is 0.635. The van der Waals surface area contributed by atoms with Crippen molar-refractivity contribution in [2.45, 2.75) is 13.8 Å². The highest BCUT2D eigenvalue weighted by Crippen LogP contribution is 2.21. The average molecular weight is 291 g/mol. The van der Waals surface area contributed by atoms with Crippen LogP contribution in [0.5, 0.6) is 0 Å². The van der Waals surface area contributed by atoms with Crippen LogP contribution in [0.1, 0.15) is 25.0 Å². The van der Waals surface area contributed by atoms with Gasteiger partial charge in [0.05, 0.1) is 11.6 Å². The molecule has 3 nitrogen and oxygen atoms in total. The zero-order valence-electron chi connectivity index (χ0n) is 13.1. The smallest absolute Gasteiger partial charge is 0.0998 e. The number of rotatable bonds is 5. The van der Waals surface area contributed by atoms with Crippen molar-refractivity contribution in [3.8, 4) is 6.07 Å². The van der Waals surface area contributed by atoms with E-state index >= 15 is 0 Å². The highest BCUT2D eigenvalue weighted by Gasteiger charge is 2.03. The number of benzene rings is 2. The van der Waals surface area contributed by atoms with Gasteiger partial charge in [-0.15, -0.1) is 0 Å². The number of nitriles is 1. The van der Waals surface area contributed by atoms with E-state index in [0.29, 0.717) is 11.3 Å².